The van der Waals surface area contributed by atoms with Crippen molar-refractivity contribution in [3.8, 4) is 0 Å². The molecule has 1 amide bonds. The molecule has 0 fully saturated rings. The average Bonchev–Trinajstić information content (AvgIpc) is 3.03. The Bertz CT molecular complexity index is 710. The van der Waals surface area contributed by atoms with E-state index in [0.29, 0.717) is 41.1 Å². The number of carbonyl (C=O) groups is 1. The molecule has 2 heterocycles. The molecule has 7 heteroatoms. The minimum atomic E-state index is -0.346. The van der Waals surface area contributed by atoms with Crippen molar-refractivity contribution in [3.05, 3.63) is 28.8 Å². The Morgan fingerprint density at radius 3 is 2.38 bits per heavy atom. The normalized spacial score (nSPS) is 13.3. The van der Waals surface area contributed by atoms with Gasteiger partial charge >= 0.3 is 0 Å². The highest BCUT2D eigenvalue weighted by Gasteiger charge is 2.31. The Morgan fingerprint density at radius 2 is 1.88 bits per heavy atom. The number of hydrogen-bond acceptors (Lipinski definition) is 6. The molecule has 0 aliphatic rings. The number of rotatable bonds is 5. The molecule has 1 unspecified atom stereocenters. The maximum atomic E-state index is 12.9. The lowest BCUT2D eigenvalue weighted by atomic mass is 9.88. The molecule has 0 saturated carbocycles. The number of amides is 1. The van der Waals surface area contributed by atoms with E-state index in [4.69, 9.17) is 8.94 Å². The second-order valence-electron chi connectivity index (χ2n) is 7.53. The molecule has 0 aliphatic heterocycles. The molecule has 0 radical (unpaired) electrons. The van der Waals surface area contributed by atoms with Crippen molar-refractivity contribution in [1.82, 2.24) is 20.7 Å². The summed E-state index contributed by atoms with van der Waals surface area (Å²) in [4.78, 5) is 12.9. The first-order chi connectivity index (χ1) is 11.1. The molecule has 0 spiro atoms. The van der Waals surface area contributed by atoms with Crippen molar-refractivity contribution in [2.45, 2.75) is 66.3 Å². The second kappa shape index (κ2) is 6.75. The monoisotopic (exact) mass is 334 g/mol. The van der Waals surface area contributed by atoms with Gasteiger partial charge in [-0.05, 0) is 19.3 Å². The average molecular weight is 334 g/mol. The van der Waals surface area contributed by atoms with Crippen LogP contribution in [0.5, 0.6) is 0 Å². The second-order valence-corrected chi connectivity index (χ2v) is 7.53. The molecule has 0 aliphatic carbocycles. The van der Waals surface area contributed by atoms with Gasteiger partial charge in [0.1, 0.15) is 23.1 Å². The van der Waals surface area contributed by atoms with E-state index in [2.05, 4.69) is 34.5 Å². The Hall–Kier alpha value is -2.18. The van der Waals surface area contributed by atoms with E-state index in [9.17, 15) is 4.79 Å². The molecule has 7 nitrogen and oxygen atoms in total. The fourth-order valence-electron chi connectivity index (χ4n) is 2.53. The van der Waals surface area contributed by atoms with Crippen LogP contribution >= 0.6 is 0 Å². The van der Waals surface area contributed by atoms with Gasteiger partial charge in [0.25, 0.3) is 5.91 Å². The van der Waals surface area contributed by atoms with Gasteiger partial charge in [-0.1, -0.05) is 39.8 Å². The van der Waals surface area contributed by atoms with Gasteiger partial charge in [-0.2, -0.15) is 0 Å². The third kappa shape index (κ3) is 4.01. The lowest BCUT2D eigenvalue weighted by molar-refractivity contribution is 0.0920. The van der Waals surface area contributed by atoms with Crippen LogP contribution in [0.25, 0.3) is 0 Å². The third-order valence-corrected chi connectivity index (χ3v) is 3.65. The standard InChI is InChI=1S/C17H26N4O3/c1-9(2)8-12(16-20-19-11(4)23-16)18-15(22)13-10(3)24-21-14(13)17(5,6)7/h9,12H,8H2,1-7H3,(H,18,22). The topological polar surface area (TPSA) is 94.1 Å². The number of aromatic nitrogens is 3. The molecule has 1 N–H and O–H groups in total. The minimum Gasteiger partial charge on any atom is -0.423 e. The van der Waals surface area contributed by atoms with Gasteiger partial charge in [-0.25, -0.2) is 0 Å². The first kappa shape index (κ1) is 18.2. The Kier molecular flexibility index (Phi) is 5.11. The van der Waals surface area contributed by atoms with Crippen molar-refractivity contribution < 1.29 is 13.7 Å². The largest absolute Gasteiger partial charge is 0.423 e. The molecule has 2 aromatic rings. The quantitative estimate of drug-likeness (QED) is 0.899. The van der Waals surface area contributed by atoms with Crippen LogP contribution in [0.2, 0.25) is 0 Å². The highest BCUT2D eigenvalue weighted by atomic mass is 16.5. The van der Waals surface area contributed by atoms with E-state index in [0.717, 1.165) is 0 Å². The fourth-order valence-corrected chi connectivity index (χ4v) is 2.53. The van der Waals surface area contributed by atoms with Gasteiger partial charge in [-0.3, -0.25) is 4.79 Å². The molecule has 24 heavy (non-hydrogen) atoms. The van der Waals surface area contributed by atoms with E-state index < -0.39 is 0 Å². The van der Waals surface area contributed by atoms with Crippen LogP contribution in [-0.4, -0.2) is 21.3 Å². The molecule has 0 bridgehead atoms. The van der Waals surface area contributed by atoms with Crippen LogP contribution in [-0.2, 0) is 5.41 Å². The number of hydrogen-bond donors (Lipinski definition) is 1. The van der Waals surface area contributed by atoms with Gasteiger partial charge in [0.2, 0.25) is 11.8 Å². The zero-order valence-corrected chi connectivity index (χ0v) is 15.4. The molecule has 2 aromatic heterocycles. The number of nitrogens with one attached hydrogen (secondary N) is 1. The molecular formula is C17H26N4O3. The Morgan fingerprint density at radius 1 is 1.21 bits per heavy atom. The number of aryl methyl sites for hydroxylation is 2. The minimum absolute atomic E-state index is 0.236. The summed E-state index contributed by atoms with van der Waals surface area (Å²) in [6, 6.07) is -0.346. The van der Waals surface area contributed by atoms with Crippen LogP contribution in [0.1, 0.15) is 80.7 Å². The summed E-state index contributed by atoms with van der Waals surface area (Å²) in [6.07, 6.45) is 0.697. The molecule has 0 saturated heterocycles. The predicted octanol–water partition coefficient (Wildman–Crippen LogP) is 3.49. The third-order valence-electron chi connectivity index (χ3n) is 3.65. The number of nitrogens with zero attached hydrogens (tertiary/aromatic N) is 3. The van der Waals surface area contributed by atoms with Crippen molar-refractivity contribution >= 4 is 5.91 Å². The van der Waals surface area contributed by atoms with E-state index in [-0.39, 0.29) is 17.4 Å². The zero-order chi connectivity index (χ0) is 18.1. The lowest BCUT2D eigenvalue weighted by Crippen LogP contribution is -2.32. The predicted molar refractivity (Wildman–Crippen MR) is 88.6 cm³/mol. The van der Waals surface area contributed by atoms with Crippen LogP contribution in [0.3, 0.4) is 0 Å². The summed E-state index contributed by atoms with van der Waals surface area (Å²) in [7, 11) is 0. The van der Waals surface area contributed by atoms with Crippen LogP contribution in [0.4, 0.5) is 0 Å². The first-order valence-corrected chi connectivity index (χ1v) is 8.17. The van der Waals surface area contributed by atoms with Gasteiger partial charge in [-0.15, -0.1) is 10.2 Å². The van der Waals surface area contributed by atoms with Gasteiger partial charge < -0.3 is 14.3 Å². The van der Waals surface area contributed by atoms with E-state index in [1.165, 1.54) is 0 Å². The van der Waals surface area contributed by atoms with Crippen LogP contribution in [0, 0.1) is 19.8 Å². The van der Waals surface area contributed by atoms with Gasteiger partial charge in [0, 0.05) is 12.3 Å². The maximum absolute atomic E-state index is 12.9. The first-order valence-electron chi connectivity index (χ1n) is 8.17. The molecule has 1 atom stereocenters. The molecular weight excluding hydrogens is 308 g/mol. The van der Waals surface area contributed by atoms with E-state index >= 15 is 0 Å². The Labute approximate surface area is 142 Å². The van der Waals surface area contributed by atoms with Crippen LogP contribution in [0.15, 0.2) is 8.94 Å². The van der Waals surface area contributed by atoms with E-state index in [1.807, 2.05) is 20.8 Å². The lowest BCUT2D eigenvalue weighted by Gasteiger charge is -2.20. The van der Waals surface area contributed by atoms with Gasteiger partial charge in [0.05, 0.1) is 0 Å². The highest BCUT2D eigenvalue weighted by molar-refractivity contribution is 5.96. The Balaban J connectivity index is 2.30. The fraction of sp³-hybridized carbons (Fsp3) is 0.647. The van der Waals surface area contributed by atoms with E-state index in [1.54, 1.807) is 13.8 Å². The summed E-state index contributed by atoms with van der Waals surface area (Å²) in [5.41, 5.74) is 0.828. The summed E-state index contributed by atoms with van der Waals surface area (Å²) < 4.78 is 10.8. The summed E-state index contributed by atoms with van der Waals surface area (Å²) in [5, 5.41) is 15.0. The number of carbonyl (C=O) groups excluding carboxylic acids is 1. The van der Waals surface area contributed by atoms with Crippen molar-refractivity contribution in [2.75, 3.05) is 0 Å². The summed E-state index contributed by atoms with van der Waals surface area (Å²) in [5.74, 6) is 1.52. The SMILES string of the molecule is Cc1nnc(C(CC(C)C)NC(=O)c2c(C(C)(C)C)noc2C)o1. The zero-order valence-electron chi connectivity index (χ0n) is 15.4. The van der Waals surface area contributed by atoms with Crippen molar-refractivity contribution in [2.24, 2.45) is 5.92 Å². The highest BCUT2D eigenvalue weighted by Crippen LogP contribution is 2.28. The van der Waals surface area contributed by atoms with Crippen molar-refractivity contribution in [1.29, 1.82) is 0 Å². The smallest absolute Gasteiger partial charge is 0.257 e. The summed E-state index contributed by atoms with van der Waals surface area (Å²) in [6.45, 7) is 13.6. The molecule has 0 aromatic carbocycles. The van der Waals surface area contributed by atoms with Crippen LogP contribution < -0.4 is 5.32 Å². The molecule has 2 rings (SSSR count). The summed E-state index contributed by atoms with van der Waals surface area (Å²) >= 11 is 0. The molecule has 132 valence electrons. The van der Waals surface area contributed by atoms with Gasteiger partial charge in [0.15, 0.2) is 0 Å². The van der Waals surface area contributed by atoms with Crippen molar-refractivity contribution in [3.63, 3.8) is 0 Å². The maximum Gasteiger partial charge on any atom is 0.257 e.